The Morgan fingerprint density at radius 3 is 2.71 bits per heavy atom. The van der Waals surface area contributed by atoms with Gasteiger partial charge in [-0.25, -0.2) is 0 Å². The molecule has 0 aliphatic carbocycles. The van der Waals surface area contributed by atoms with Crippen LogP contribution in [0.5, 0.6) is 5.75 Å². The van der Waals surface area contributed by atoms with E-state index in [9.17, 15) is 0 Å². The Morgan fingerprint density at radius 1 is 1.41 bits per heavy atom. The van der Waals surface area contributed by atoms with E-state index in [0.717, 1.165) is 17.5 Å². The molecule has 0 spiro atoms. The standard InChI is InChI=1S/C12H13ClN2O2/c1-3-7-4-8(10-6-11(14)17-15-10)12(16-2)9(13)5-7/h4-6H,3,14H2,1-2H3. The molecule has 0 atom stereocenters. The Morgan fingerprint density at radius 2 is 2.18 bits per heavy atom. The van der Waals surface area contributed by atoms with Crippen LogP contribution in [0.15, 0.2) is 22.7 Å². The van der Waals surface area contributed by atoms with Crippen LogP contribution >= 0.6 is 11.6 Å². The minimum Gasteiger partial charge on any atom is -0.494 e. The van der Waals surface area contributed by atoms with Crippen molar-refractivity contribution in [3.8, 4) is 17.0 Å². The van der Waals surface area contributed by atoms with E-state index < -0.39 is 0 Å². The van der Waals surface area contributed by atoms with Crippen molar-refractivity contribution < 1.29 is 9.26 Å². The molecule has 1 heterocycles. The number of hydrogen-bond acceptors (Lipinski definition) is 4. The largest absolute Gasteiger partial charge is 0.494 e. The highest BCUT2D eigenvalue weighted by molar-refractivity contribution is 6.32. The summed E-state index contributed by atoms with van der Waals surface area (Å²) in [5, 5.41) is 4.43. The Kier molecular flexibility index (Phi) is 3.24. The van der Waals surface area contributed by atoms with Crippen LogP contribution < -0.4 is 10.5 Å². The van der Waals surface area contributed by atoms with Crippen LogP contribution in [0.1, 0.15) is 12.5 Å². The highest BCUT2D eigenvalue weighted by Crippen LogP contribution is 2.37. The van der Waals surface area contributed by atoms with Crippen LogP contribution in [-0.4, -0.2) is 12.3 Å². The molecular weight excluding hydrogens is 240 g/mol. The molecule has 17 heavy (non-hydrogen) atoms. The van der Waals surface area contributed by atoms with Crippen molar-refractivity contribution >= 4 is 17.5 Å². The van der Waals surface area contributed by atoms with Crippen LogP contribution in [0, 0.1) is 0 Å². The highest BCUT2D eigenvalue weighted by Gasteiger charge is 2.14. The number of nitrogens with two attached hydrogens (primary N) is 1. The molecule has 2 aromatic rings. The van der Waals surface area contributed by atoms with Crippen molar-refractivity contribution in [3.63, 3.8) is 0 Å². The Bertz CT molecular complexity index is 537. The summed E-state index contributed by atoms with van der Waals surface area (Å²) in [7, 11) is 1.57. The molecule has 0 aliphatic heterocycles. The molecule has 0 unspecified atom stereocenters. The molecule has 0 saturated carbocycles. The summed E-state index contributed by atoms with van der Waals surface area (Å²) in [6, 6.07) is 5.50. The minimum absolute atomic E-state index is 0.264. The maximum atomic E-state index is 6.16. The first-order chi connectivity index (χ1) is 8.15. The molecule has 90 valence electrons. The molecule has 0 saturated heterocycles. The van der Waals surface area contributed by atoms with Crippen LogP contribution in [0.2, 0.25) is 5.02 Å². The number of nitrogens with zero attached hydrogens (tertiary/aromatic N) is 1. The summed E-state index contributed by atoms with van der Waals surface area (Å²) >= 11 is 6.16. The number of aryl methyl sites for hydroxylation is 1. The Labute approximate surface area is 104 Å². The van der Waals surface area contributed by atoms with Gasteiger partial charge in [0.15, 0.2) is 0 Å². The first-order valence-electron chi connectivity index (χ1n) is 5.24. The lowest BCUT2D eigenvalue weighted by atomic mass is 10.1. The average molecular weight is 253 g/mol. The molecule has 0 radical (unpaired) electrons. The van der Waals surface area contributed by atoms with Crippen molar-refractivity contribution in [2.45, 2.75) is 13.3 Å². The second-order valence-electron chi connectivity index (χ2n) is 3.63. The van der Waals surface area contributed by atoms with Crippen molar-refractivity contribution in [2.24, 2.45) is 0 Å². The first-order valence-corrected chi connectivity index (χ1v) is 5.62. The summed E-state index contributed by atoms with van der Waals surface area (Å²) in [4.78, 5) is 0. The van der Waals surface area contributed by atoms with Gasteiger partial charge in [0, 0.05) is 11.6 Å². The molecule has 0 fully saturated rings. The van der Waals surface area contributed by atoms with Crippen molar-refractivity contribution in [3.05, 3.63) is 28.8 Å². The number of rotatable bonds is 3. The number of benzene rings is 1. The molecule has 0 amide bonds. The third-order valence-electron chi connectivity index (χ3n) is 2.52. The van der Waals surface area contributed by atoms with Gasteiger partial charge in [-0.05, 0) is 24.1 Å². The summed E-state index contributed by atoms with van der Waals surface area (Å²) in [5.41, 5.74) is 8.03. The minimum atomic E-state index is 0.264. The second kappa shape index (κ2) is 4.67. The topological polar surface area (TPSA) is 61.3 Å². The molecule has 0 aliphatic rings. The van der Waals surface area contributed by atoms with Gasteiger partial charge in [-0.15, -0.1) is 0 Å². The smallest absolute Gasteiger partial charge is 0.222 e. The molecule has 0 bridgehead atoms. The third-order valence-corrected chi connectivity index (χ3v) is 2.80. The van der Waals surface area contributed by atoms with E-state index in [1.165, 1.54) is 0 Å². The van der Waals surface area contributed by atoms with Crippen LogP contribution in [0.4, 0.5) is 5.88 Å². The van der Waals surface area contributed by atoms with E-state index in [2.05, 4.69) is 12.1 Å². The molecule has 1 aromatic heterocycles. The van der Waals surface area contributed by atoms with Crippen LogP contribution in [0.25, 0.3) is 11.3 Å². The number of methoxy groups -OCH3 is 1. The summed E-state index contributed by atoms with van der Waals surface area (Å²) in [6.45, 7) is 2.05. The molecule has 1 aromatic carbocycles. The molecular formula is C12H13ClN2O2. The van der Waals surface area contributed by atoms with E-state index in [4.69, 9.17) is 26.6 Å². The monoisotopic (exact) mass is 252 g/mol. The number of hydrogen-bond donors (Lipinski definition) is 1. The maximum Gasteiger partial charge on any atom is 0.222 e. The molecule has 5 heteroatoms. The van der Waals surface area contributed by atoms with Gasteiger partial charge in [0.25, 0.3) is 0 Å². The van der Waals surface area contributed by atoms with E-state index in [-0.39, 0.29) is 5.88 Å². The van der Waals surface area contributed by atoms with Gasteiger partial charge < -0.3 is 15.0 Å². The normalized spacial score (nSPS) is 10.5. The molecule has 2 N–H and O–H groups in total. The van der Waals surface area contributed by atoms with Crippen LogP contribution in [0.3, 0.4) is 0 Å². The first kappa shape index (κ1) is 11.8. The summed E-state index contributed by atoms with van der Waals surface area (Å²) in [6.07, 6.45) is 0.879. The van der Waals surface area contributed by atoms with Crippen LogP contribution in [-0.2, 0) is 6.42 Å². The highest BCUT2D eigenvalue weighted by atomic mass is 35.5. The lowest BCUT2D eigenvalue weighted by molar-refractivity contribution is 0.414. The zero-order chi connectivity index (χ0) is 12.4. The van der Waals surface area contributed by atoms with Crippen molar-refractivity contribution in [1.29, 1.82) is 0 Å². The van der Waals surface area contributed by atoms with Gasteiger partial charge in [0.2, 0.25) is 5.88 Å². The predicted octanol–water partition coefficient (Wildman–Crippen LogP) is 3.15. The van der Waals surface area contributed by atoms with Gasteiger partial charge >= 0.3 is 0 Å². The van der Waals surface area contributed by atoms with Gasteiger partial charge in [-0.3, -0.25) is 0 Å². The lowest BCUT2D eigenvalue weighted by Gasteiger charge is -2.10. The average Bonchev–Trinajstić information content (AvgIpc) is 2.74. The zero-order valence-electron chi connectivity index (χ0n) is 9.66. The van der Waals surface area contributed by atoms with E-state index in [1.54, 1.807) is 13.2 Å². The van der Waals surface area contributed by atoms with E-state index in [0.29, 0.717) is 16.5 Å². The van der Waals surface area contributed by atoms with Gasteiger partial charge in [-0.2, -0.15) is 0 Å². The fourth-order valence-electron chi connectivity index (χ4n) is 1.67. The van der Waals surface area contributed by atoms with Gasteiger partial charge in [0.05, 0.1) is 12.1 Å². The maximum absolute atomic E-state index is 6.16. The Balaban J connectivity index is 2.61. The van der Waals surface area contributed by atoms with Crippen molar-refractivity contribution in [1.82, 2.24) is 5.16 Å². The predicted molar refractivity (Wildman–Crippen MR) is 67.3 cm³/mol. The Hall–Kier alpha value is -1.68. The number of anilines is 1. The number of nitrogen functional groups attached to an aromatic ring is 1. The number of ether oxygens (including phenoxy) is 1. The SMILES string of the molecule is CCc1cc(Cl)c(OC)c(-c2cc(N)on2)c1. The molecule has 4 nitrogen and oxygen atoms in total. The quantitative estimate of drug-likeness (QED) is 0.912. The zero-order valence-corrected chi connectivity index (χ0v) is 10.4. The van der Waals surface area contributed by atoms with Gasteiger partial charge in [0.1, 0.15) is 11.4 Å². The number of aromatic nitrogens is 1. The van der Waals surface area contributed by atoms with Crippen molar-refractivity contribution in [2.75, 3.05) is 12.8 Å². The third kappa shape index (κ3) is 2.22. The van der Waals surface area contributed by atoms with E-state index in [1.807, 2.05) is 12.1 Å². The van der Waals surface area contributed by atoms with E-state index >= 15 is 0 Å². The second-order valence-corrected chi connectivity index (χ2v) is 4.03. The molecule has 2 rings (SSSR count). The summed E-state index contributed by atoms with van der Waals surface area (Å²) < 4.78 is 10.1. The lowest BCUT2D eigenvalue weighted by Crippen LogP contribution is -1.92. The summed E-state index contributed by atoms with van der Waals surface area (Å²) in [5.74, 6) is 0.845. The fraction of sp³-hybridized carbons (Fsp3) is 0.250. The van der Waals surface area contributed by atoms with Gasteiger partial charge in [-0.1, -0.05) is 23.7 Å². The fourth-order valence-corrected chi connectivity index (χ4v) is 1.99. The number of halogens is 1.